The fraction of sp³-hybridized carbons (Fsp3) is 0.105. The summed E-state index contributed by atoms with van der Waals surface area (Å²) in [6, 6.07) is 14.0. The summed E-state index contributed by atoms with van der Waals surface area (Å²) >= 11 is 7.05. The number of halogens is 1. The van der Waals surface area contributed by atoms with Gasteiger partial charge >= 0.3 is 0 Å². The Kier molecular flexibility index (Phi) is 5.75. The fourth-order valence-electron chi connectivity index (χ4n) is 2.41. The molecule has 0 aliphatic carbocycles. The molecule has 0 aliphatic heterocycles. The second kappa shape index (κ2) is 8.21. The van der Waals surface area contributed by atoms with Crippen molar-refractivity contribution in [1.82, 2.24) is 9.55 Å². The number of nitrogens with zero attached hydrogens (tertiary/aromatic N) is 2. The van der Waals surface area contributed by atoms with Gasteiger partial charge < -0.3 is 5.32 Å². The Balaban J connectivity index is 1.80. The molecule has 0 saturated heterocycles. The second-order valence-electron chi connectivity index (χ2n) is 5.46. The van der Waals surface area contributed by atoms with Crippen LogP contribution in [0.2, 0.25) is 5.02 Å². The quantitative estimate of drug-likeness (QED) is 0.396. The maximum atomic E-state index is 12.7. The largest absolute Gasteiger partial charge is 0.325 e. The van der Waals surface area contributed by atoms with Crippen LogP contribution in [0.4, 0.5) is 5.69 Å². The normalized spacial score (nSPS) is 10.7. The molecule has 0 unspecified atom stereocenters. The van der Waals surface area contributed by atoms with Crippen LogP contribution in [0.5, 0.6) is 0 Å². The van der Waals surface area contributed by atoms with Crippen LogP contribution in [0, 0.1) is 0 Å². The minimum absolute atomic E-state index is 0.130. The Hall–Kier alpha value is -2.57. The molecule has 3 rings (SSSR count). The Morgan fingerprint density at radius 2 is 1.96 bits per heavy atom. The summed E-state index contributed by atoms with van der Waals surface area (Å²) in [5.41, 5.74) is 1.13. The van der Waals surface area contributed by atoms with E-state index >= 15 is 0 Å². The summed E-state index contributed by atoms with van der Waals surface area (Å²) in [7, 11) is 0. The number of hydrogen-bond acceptors (Lipinski definition) is 4. The van der Waals surface area contributed by atoms with Gasteiger partial charge in [-0.15, -0.1) is 6.58 Å². The number of thioether (sulfide) groups is 1. The van der Waals surface area contributed by atoms with Crippen LogP contribution in [0.1, 0.15) is 0 Å². The third-order valence-electron chi connectivity index (χ3n) is 3.60. The van der Waals surface area contributed by atoms with Gasteiger partial charge in [-0.3, -0.25) is 14.2 Å². The molecule has 0 bridgehead atoms. The van der Waals surface area contributed by atoms with Crippen molar-refractivity contribution >= 4 is 45.9 Å². The summed E-state index contributed by atoms with van der Waals surface area (Å²) < 4.78 is 1.52. The second-order valence-corrected chi connectivity index (χ2v) is 6.84. The van der Waals surface area contributed by atoms with Crippen LogP contribution in [0.3, 0.4) is 0 Å². The van der Waals surface area contributed by atoms with Gasteiger partial charge in [0.15, 0.2) is 5.16 Å². The molecule has 0 atom stereocenters. The highest BCUT2D eigenvalue weighted by atomic mass is 35.5. The molecule has 3 aromatic rings. The summed E-state index contributed by atoms with van der Waals surface area (Å²) in [6.07, 6.45) is 1.63. The zero-order valence-corrected chi connectivity index (χ0v) is 15.4. The minimum atomic E-state index is -0.190. The van der Waals surface area contributed by atoms with Crippen LogP contribution in [0.15, 0.2) is 71.1 Å². The van der Waals surface area contributed by atoms with Crippen molar-refractivity contribution in [3.63, 3.8) is 0 Å². The van der Waals surface area contributed by atoms with E-state index in [-0.39, 0.29) is 17.2 Å². The van der Waals surface area contributed by atoms with Crippen LogP contribution < -0.4 is 10.9 Å². The highest BCUT2D eigenvalue weighted by molar-refractivity contribution is 7.99. The number of anilines is 1. The molecule has 1 N–H and O–H groups in total. The predicted molar refractivity (Wildman–Crippen MR) is 107 cm³/mol. The van der Waals surface area contributed by atoms with Gasteiger partial charge in [-0.1, -0.05) is 41.6 Å². The fourth-order valence-corrected chi connectivity index (χ4v) is 3.34. The van der Waals surface area contributed by atoms with Gasteiger partial charge in [0.2, 0.25) is 5.91 Å². The van der Waals surface area contributed by atoms with Crippen molar-refractivity contribution in [2.24, 2.45) is 0 Å². The first-order valence-corrected chi connectivity index (χ1v) is 9.23. The molecule has 2 aromatic carbocycles. The van der Waals surface area contributed by atoms with E-state index in [9.17, 15) is 9.59 Å². The summed E-state index contributed by atoms with van der Waals surface area (Å²) in [5, 5.41) is 4.42. The number of carbonyl (C=O) groups excluding carboxylic acids is 1. The molecule has 5 nitrogen and oxygen atoms in total. The Bertz CT molecular complexity index is 1020. The summed E-state index contributed by atoms with van der Waals surface area (Å²) in [5.74, 6) is -0.0604. The highest BCUT2D eigenvalue weighted by Gasteiger charge is 2.12. The number of allylic oxidation sites excluding steroid dienone is 1. The number of rotatable bonds is 6. The van der Waals surface area contributed by atoms with Crippen molar-refractivity contribution in [3.8, 4) is 0 Å². The molecule has 0 spiro atoms. The zero-order chi connectivity index (χ0) is 18.5. The zero-order valence-electron chi connectivity index (χ0n) is 13.8. The van der Waals surface area contributed by atoms with E-state index in [0.717, 1.165) is 0 Å². The number of carbonyl (C=O) groups is 1. The molecule has 132 valence electrons. The first kappa shape index (κ1) is 18.2. The molecule has 1 heterocycles. The van der Waals surface area contributed by atoms with Gasteiger partial charge in [-0.25, -0.2) is 4.98 Å². The first-order chi connectivity index (χ1) is 12.6. The average Bonchev–Trinajstić information content (AvgIpc) is 2.64. The van der Waals surface area contributed by atoms with Gasteiger partial charge in [-0.2, -0.15) is 0 Å². The lowest BCUT2D eigenvalue weighted by Gasteiger charge is -2.11. The van der Waals surface area contributed by atoms with Gasteiger partial charge in [0, 0.05) is 17.3 Å². The molecule has 1 amide bonds. The van der Waals surface area contributed by atoms with Crippen molar-refractivity contribution in [2.75, 3.05) is 11.1 Å². The van der Waals surface area contributed by atoms with E-state index in [1.165, 1.54) is 16.3 Å². The standard InChI is InChI=1S/C19H16ClN3O2S/c1-2-11-23-18(25)15-5-3-4-6-16(15)22-19(23)26-12-17(24)21-14-9-7-13(20)8-10-14/h2-10H,1,11-12H2,(H,21,24). The first-order valence-electron chi connectivity index (χ1n) is 7.87. The summed E-state index contributed by atoms with van der Waals surface area (Å²) in [6.45, 7) is 4.02. The van der Waals surface area contributed by atoms with Crippen molar-refractivity contribution in [2.45, 2.75) is 11.7 Å². The number of fused-ring (bicyclic) bond motifs is 1. The van der Waals surface area contributed by atoms with E-state index in [2.05, 4.69) is 16.9 Å². The van der Waals surface area contributed by atoms with Gasteiger partial charge in [0.25, 0.3) is 5.56 Å². The van der Waals surface area contributed by atoms with E-state index in [1.807, 2.05) is 6.07 Å². The lowest BCUT2D eigenvalue weighted by Crippen LogP contribution is -2.23. The molecule has 26 heavy (non-hydrogen) atoms. The molecule has 0 fully saturated rings. The van der Waals surface area contributed by atoms with Crippen molar-refractivity contribution in [3.05, 3.63) is 76.6 Å². The molecule has 0 saturated carbocycles. The molecular weight excluding hydrogens is 370 g/mol. The van der Waals surface area contributed by atoms with Crippen molar-refractivity contribution < 1.29 is 4.79 Å². The highest BCUT2D eigenvalue weighted by Crippen LogP contribution is 2.19. The van der Waals surface area contributed by atoms with E-state index in [4.69, 9.17) is 11.6 Å². The third kappa shape index (κ3) is 4.15. The lowest BCUT2D eigenvalue weighted by molar-refractivity contribution is -0.113. The number of nitrogens with one attached hydrogen (secondary N) is 1. The Morgan fingerprint density at radius 1 is 1.23 bits per heavy atom. The maximum absolute atomic E-state index is 12.7. The van der Waals surface area contributed by atoms with Crippen LogP contribution in [-0.4, -0.2) is 21.2 Å². The summed E-state index contributed by atoms with van der Waals surface area (Å²) in [4.78, 5) is 29.4. The molecule has 1 aromatic heterocycles. The molecule has 0 radical (unpaired) electrons. The van der Waals surface area contributed by atoms with Gasteiger partial charge in [-0.05, 0) is 36.4 Å². The number of benzene rings is 2. The third-order valence-corrected chi connectivity index (χ3v) is 4.83. The SMILES string of the molecule is C=CCn1c(SCC(=O)Nc2ccc(Cl)cc2)nc2ccccc2c1=O. The maximum Gasteiger partial charge on any atom is 0.262 e. The lowest BCUT2D eigenvalue weighted by atomic mass is 10.2. The van der Waals surface area contributed by atoms with E-state index in [1.54, 1.807) is 48.5 Å². The van der Waals surface area contributed by atoms with E-state index < -0.39 is 0 Å². The van der Waals surface area contributed by atoms with Crippen LogP contribution in [-0.2, 0) is 11.3 Å². The van der Waals surface area contributed by atoms with Crippen LogP contribution in [0.25, 0.3) is 10.9 Å². The monoisotopic (exact) mass is 385 g/mol. The van der Waals surface area contributed by atoms with Crippen LogP contribution >= 0.6 is 23.4 Å². The molecule has 7 heteroatoms. The number of para-hydroxylation sites is 1. The average molecular weight is 386 g/mol. The predicted octanol–water partition coefficient (Wildman–Crippen LogP) is 3.97. The van der Waals surface area contributed by atoms with Crippen molar-refractivity contribution in [1.29, 1.82) is 0 Å². The minimum Gasteiger partial charge on any atom is -0.325 e. The Labute approximate surface area is 159 Å². The molecular formula is C19H16ClN3O2S. The number of aromatic nitrogens is 2. The van der Waals surface area contributed by atoms with Gasteiger partial charge in [0.1, 0.15) is 0 Å². The Morgan fingerprint density at radius 3 is 2.69 bits per heavy atom. The smallest absolute Gasteiger partial charge is 0.262 e. The topological polar surface area (TPSA) is 64.0 Å². The van der Waals surface area contributed by atoms with Gasteiger partial charge in [0.05, 0.1) is 16.7 Å². The number of hydrogen-bond donors (Lipinski definition) is 1. The van der Waals surface area contributed by atoms with E-state index in [0.29, 0.717) is 33.3 Å². The number of amides is 1. The molecule has 0 aliphatic rings.